The Labute approximate surface area is 205 Å². The van der Waals surface area contributed by atoms with Crippen LogP contribution in [0.15, 0.2) is 57.9 Å². The number of thiazole rings is 1. The van der Waals surface area contributed by atoms with Crippen molar-refractivity contribution < 1.29 is 9.32 Å². The van der Waals surface area contributed by atoms with Gasteiger partial charge in [0.15, 0.2) is 0 Å². The van der Waals surface area contributed by atoms with E-state index in [1.807, 2.05) is 60.4 Å². The molecule has 2 aromatic heterocycles. The van der Waals surface area contributed by atoms with Crippen molar-refractivity contribution in [1.29, 1.82) is 0 Å². The van der Waals surface area contributed by atoms with Crippen molar-refractivity contribution in [2.75, 3.05) is 26.2 Å². The highest BCUT2D eigenvalue weighted by molar-refractivity contribution is 7.98. The number of hydrogen-bond donors (Lipinski definition) is 0. The molecule has 33 heavy (non-hydrogen) atoms. The number of amides is 1. The number of nitrogens with zero attached hydrogens (tertiary/aromatic N) is 4. The molecule has 0 bridgehead atoms. The van der Waals surface area contributed by atoms with Gasteiger partial charge in [-0.05, 0) is 37.3 Å². The number of piperazine rings is 1. The van der Waals surface area contributed by atoms with Crippen LogP contribution in [-0.2, 0) is 12.3 Å². The summed E-state index contributed by atoms with van der Waals surface area (Å²) in [5.41, 5.74) is 2.58. The van der Waals surface area contributed by atoms with E-state index in [0.717, 1.165) is 56.8 Å². The fourth-order valence-corrected chi connectivity index (χ4v) is 5.98. The quantitative estimate of drug-likeness (QED) is 0.327. The summed E-state index contributed by atoms with van der Waals surface area (Å²) in [5.74, 6) is 1.55. The molecule has 6 nitrogen and oxygen atoms in total. The van der Waals surface area contributed by atoms with Gasteiger partial charge < -0.3 is 9.42 Å². The normalized spacial score (nSPS) is 14.8. The number of halogens is 1. The molecule has 4 aromatic rings. The molecule has 0 atom stereocenters. The fourth-order valence-electron chi connectivity index (χ4n) is 3.89. The number of rotatable bonds is 6. The summed E-state index contributed by atoms with van der Waals surface area (Å²) < 4.78 is 6.30. The largest absolute Gasteiger partial charge is 0.361 e. The molecule has 0 aliphatic carbocycles. The molecule has 1 aliphatic rings. The van der Waals surface area contributed by atoms with E-state index in [4.69, 9.17) is 21.1 Å². The van der Waals surface area contributed by atoms with Crippen LogP contribution in [0.25, 0.3) is 10.2 Å². The number of aromatic nitrogens is 2. The van der Waals surface area contributed by atoms with Crippen molar-refractivity contribution >= 4 is 50.8 Å². The smallest absolute Gasteiger partial charge is 0.255 e. The van der Waals surface area contributed by atoms with Crippen LogP contribution in [0.1, 0.15) is 26.8 Å². The van der Waals surface area contributed by atoms with Gasteiger partial charge in [-0.3, -0.25) is 9.69 Å². The van der Waals surface area contributed by atoms with Crippen LogP contribution < -0.4 is 0 Å². The molecule has 0 unspecified atom stereocenters. The Morgan fingerprint density at radius 3 is 2.76 bits per heavy atom. The fraction of sp³-hybridized carbons (Fsp3) is 0.292. The van der Waals surface area contributed by atoms with E-state index in [1.54, 1.807) is 23.1 Å². The first-order chi connectivity index (χ1) is 16.0. The molecule has 1 amide bonds. The van der Waals surface area contributed by atoms with Gasteiger partial charge in [0, 0.05) is 47.9 Å². The number of carbonyl (C=O) groups excluding carboxylic acids is 1. The van der Waals surface area contributed by atoms with Gasteiger partial charge in [-0.15, -0.1) is 23.1 Å². The monoisotopic (exact) mass is 498 g/mol. The number of aryl methyl sites for hydroxylation is 1. The van der Waals surface area contributed by atoms with E-state index in [9.17, 15) is 4.79 Å². The summed E-state index contributed by atoms with van der Waals surface area (Å²) in [6, 6.07) is 15.6. The second-order valence-electron chi connectivity index (χ2n) is 8.00. The molecule has 3 heterocycles. The SMILES string of the molecule is Cc1cc(CSc2ccccc2C(=O)N2CCN(Cc3nc4cc(Cl)ccc4s3)CC2)no1. The van der Waals surface area contributed by atoms with E-state index < -0.39 is 0 Å². The Morgan fingerprint density at radius 2 is 1.97 bits per heavy atom. The maximum Gasteiger partial charge on any atom is 0.255 e. The minimum Gasteiger partial charge on any atom is -0.361 e. The standard InChI is InChI=1S/C24H23ClN4O2S2/c1-16-12-18(27-31-16)15-32-21-5-3-2-4-19(21)24(30)29-10-8-28(9-11-29)14-23-26-20-13-17(25)6-7-22(20)33-23/h2-7,12-13H,8-11,14-15H2,1H3. The van der Waals surface area contributed by atoms with Gasteiger partial charge >= 0.3 is 0 Å². The van der Waals surface area contributed by atoms with Crippen LogP contribution in [-0.4, -0.2) is 52.0 Å². The molecule has 0 spiro atoms. The van der Waals surface area contributed by atoms with Crippen LogP contribution in [0.4, 0.5) is 0 Å². The van der Waals surface area contributed by atoms with Gasteiger partial charge in [-0.25, -0.2) is 4.98 Å². The van der Waals surface area contributed by atoms with Gasteiger partial charge in [0.25, 0.3) is 5.91 Å². The average molecular weight is 499 g/mol. The molecule has 1 fully saturated rings. The van der Waals surface area contributed by atoms with E-state index in [2.05, 4.69) is 10.1 Å². The Bertz CT molecular complexity index is 1280. The number of hydrogen-bond acceptors (Lipinski definition) is 7. The summed E-state index contributed by atoms with van der Waals surface area (Å²) in [6.45, 7) is 5.74. The van der Waals surface area contributed by atoms with Crippen LogP contribution in [0.2, 0.25) is 5.02 Å². The first-order valence-electron chi connectivity index (χ1n) is 10.8. The minimum absolute atomic E-state index is 0.0868. The number of benzene rings is 2. The van der Waals surface area contributed by atoms with Gasteiger partial charge in [-0.1, -0.05) is 28.9 Å². The highest BCUT2D eigenvalue weighted by atomic mass is 35.5. The summed E-state index contributed by atoms with van der Waals surface area (Å²) in [7, 11) is 0. The lowest BCUT2D eigenvalue weighted by Gasteiger charge is -2.34. The Hall–Kier alpha value is -2.39. The Morgan fingerprint density at radius 1 is 1.15 bits per heavy atom. The third-order valence-electron chi connectivity index (χ3n) is 5.58. The van der Waals surface area contributed by atoms with Crippen LogP contribution in [0.3, 0.4) is 0 Å². The third-order valence-corrected chi connectivity index (χ3v) is 7.95. The topological polar surface area (TPSA) is 62.5 Å². The van der Waals surface area contributed by atoms with E-state index in [0.29, 0.717) is 23.9 Å². The van der Waals surface area contributed by atoms with E-state index in [-0.39, 0.29) is 5.91 Å². The lowest BCUT2D eigenvalue weighted by Crippen LogP contribution is -2.48. The summed E-state index contributed by atoms with van der Waals surface area (Å²) >= 11 is 9.41. The molecule has 1 saturated heterocycles. The maximum atomic E-state index is 13.3. The van der Waals surface area contributed by atoms with Crippen molar-refractivity contribution in [3.8, 4) is 0 Å². The van der Waals surface area contributed by atoms with E-state index in [1.165, 1.54) is 0 Å². The lowest BCUT2D eigenvalue weighted by molar-refractivity contribution is 0.0625. The molecular formula is C24H23ClN4O2S2. The first kappa shape index (κ1) is 22.4. The Kier molecular flexibility index (Phi) is 6.69. The number of thioether (sulfide) groups is 1. The predicted octanol–water partition coefficient (Wildman–Crippen LogP) is 5.50. The van der Waals surface area contributed by atoms with E-state index >= 15 is 0 Å². The van der Waals surface area contributed by atoms with Gasteiger partial charge in [-0.2, -0.15) is 0 Å². The third kappa shape index (κ3) is 5.24. The van der Waals surface area contributed by atoms with Crippen molar-refractivity contribution in [1.82, 2.24) is 19.9 Å². The predicted molar refractivity (Wildman–Crippen MR) is 133 cm³/mol. The minimum atomic E-state index is 0.0868. The summed E-state index contributed by atoms with van der Waals surface area (Å²) in [4.78, 5) is 23.3. The highest BCUT2D eigenvalue weighted by Crippen LogP contribution is 2.28. The lowest BCUT2D eigenvalue weighted by atomic mass is 10.2. The molecule has 0 saturated carbocycles. The molecule has 9 heteroatoms. The van der Waals surface area contributed by atoms with Crippen LogP contribution in [0, 0.1) is 6.92 Å². The molecular weight excluding hydrogens is 476 g/mol. The van der Waals surface area contributed by atoms with Gasteiger partial charge in [0.2, 0.25) is 0 Å². The highest BCUT2D eigenvalue weighted by Gasteiger charge is 2.24. The number of carbonyl (C=O) groups is 1. The zero-order valence-electron chi connectivity index (χ0n) is 18.2. The molecule has 0 radical (unpaired) electrons. The first-order valence-corrected chi connectivity index (χ1v) is 12.9. The zero-order chi connectivity index (χ0) is 22.8. The van der Waals surface area contributed by atoms with Gasteiger partial charge in [0.05, 0.1) is 28.0 Å². The zero-order valence-corrected chi connectivity index (χ0v) is 20.6. The second kappa shape index (κ2) is 9.85. The molecule has 1 aliphatic heterocycles. The van der Waals surface area contributed by atoms with Crippen LogP contribution >= 0.6 is 34.7 Å². The van der Waals surface area contributed by atoms with Crippen molar-refractivity contribution in [3.05, 3.63) is 75.6 Å². The molecule has 2 aromatic carbocycles. The van der Waals surface area contributed by atoms with Crippen molar-refractivity contribution in [2.24, 2.45) is 0 Å². The van der Waals surface area contributed by atoms with Crippen LogP contribution in [0.5, 0.6) is 0 Å². The number of fused-ring (bicyclic) bond motifs is 1. The Balaban J connectivity index is 1.19. The molecule has 0 N–H and O–H groups in total. The summed E-state index contributed by atoms with van der Waals surface area (Å²) in [5, 5.41) is 5.84. The molecule has 5 rings (SSSR count). The maximum absolute atomic E-state index is 13.3. The second-order valence-corrected chi connectivity index (χ2v) is 10.6. The van der Waals surface area contributed by atoms with Crippen molar-refractivity contribution in [2.45, 2.75) is 24.1 Å². The van der Waals surface area contributed by atoms with Gasteiger partial charge in [0.1, 0.15) is 10.8 Å². The molecule has 170 valence electrons. The van der Waals surface area contributed by atoms with Crippen molar-refractivity contribution in [3.63, 3.8) is 0 Å². The summed E-state index contributed by atoms with van der Waals surface area (Å²) in [6.07, 6.45) is 0. The average Bonchev–Trinajstić information content (AvgIpc) is 3.42.